The second kappa shape index (κ2) is 11.4. The average Bonchev–Trinajstić information content (AvgIpc) is 2.80. The van der Waals surface area contributed by atoms with Crippen LogP contribution >= 0.6 is 24.0 Å². The van der Waals surface area contributed by atoms with Crippen molar-refractivity contribution in [2.75, 3.05) is 26.2 Å². The van der Waals surface area contributed by atoms with Crippen molar-refractivity contribution in [3.05, 3.63) is 64.7 Å². The number of amidine groups is 1. The topological polar surface area (TPSA) is 73.8 Å². The van der Waals surface area contributed by atoms with E-state index >= 15 is 0 Å². The van der Waals surface area contributed by atoms with Gasteiger partial charge < -0.3 is 10.6 Å². The van der Waals surface area contributed by atoms with Crippen molar-refractivity contribution in [3.63, 3.8) is 0 Å². The molecule has 1 saturated heterocycles. The molecule has 6 nitrogen and oxygen atoms in total. The van der Waals surface area contributed by atoms with Crippen LogP contribution < -0.4 is 10.6 Å². The highest BCUT2D eigenvalue weighted by atomic mass is 35.5. The van der Waals surface area contributed by atoms with Crippen LogP contribution in [0.3, 0.4) is 0 Å². The van der Waals surface area contributed by atoms with Gasteiger partial charge in [-0.3, -0.25) is 4.99 Å². The standard InChI is InChI=1S/C25H33ClN4O2S.ClH/c1-19(2)17-20-5-9-23(10-6-20)33(31,32)30-15-11-25(12-16-30)24(27-13-14-29-25)28-18-21-3-7-22(26)8-4-21;/h3-10,19,29H,11-18H2,1-2H3,(H,27,28);1H. The molecule has 186 valence electrons. The van der Waals surface area contributed by atoms with Crippen molar-refractivity contribution in [2.45, 2.75) is 50.1 Å². The lowest BCUT2D eigenvalue weighted by molar-refractivity contribution is 0.241. The van der Waals surface area contributed by atoms with Gasteiger partial charge in [0.25, 0.3) is 0 Å². The van der Waals surface area contributed by atoms with E-state index < -0.39 is 10.0 Å². The van der Waals surface area contributed by atoms with Crippen LogP contribution in [-0.2, 0) is 23.0 Å². The maximum atomic E-state index is 13.3. The average molecular weight is 526 g/mol. The molecule has 9 heteroatoms. The summed E-state index contributed by atoms with van der Waals surface area (Å²) >= 11 is 5.99. The van der Waals surface area contributed by atoms with Crippen LogP contribution in [0.2, 0.25) is 5.02 Å². The highest BCUT2D eigenvalue weighted by Crippen LogP contribution is 2.29. The Morgan fingerprint density at radius 2 is 1.68 bits per heavy atom. The number of hydrogen-bond acceptors (Lipinski definition) is 5. The van der Waals surface area contributed by atoms with Crippen LogP contribution in [-0.4, -0.2) is 50.3 Å². The Morgan fingerprint density at radius 3 is 2.29 bits per heavy atom. The first-order valence-electron chi connectivity index (χ1n) is 11.7. The maximum absolute atomic E-state index is 13.3. The Hall–Kier alpha value is -1.64. The van der Waals surface area contributed by atoms with Crippen molar-refractivity contribution in [1.29, 1.82) is 0 Å². The van der Waals surface area contributed by atoms with E-state index in [-0.39, 0.29) is 17.9 Å². The van der Waals surface area contributed by atoms with Crippen molar-refractivity contribution < 1.29 is 8.42 Å². The second-order valence-electron chi connectivity index (χ2n) is 9.37. The summed E-state index contributed by atoms with van der Waals surface area (Å²) in [5.41, 5.74) is 1.99. The summed E-state index contributed by atoms with van der Waals surface area (Å²) < 4.78 is 28.1. The molecular weight excluding hydrogens is 491 g/mol. The number of nitrogens with zero attached hydrogens (tertiary/aromatic N) is 2. The molecule has 34 heavy (non-hydrogen) atoms. The predicted molar refractivity (Wildman–Crippen MR) is 142 cm³/mol. The molecule has 0 radical (unpaired) electrons. The summed E-state index contributed by atoms with van der Waals surface area (Å²) in [6.07, 6.45) is 2.32. The molecule has 2 aliphatic heterocycles. The number of benzene rings is 2. The minimum absolute atomic E-state index is 0. The Kier molecular flexibility index (Phi) is 9.04. The van der Waals surface area contributed by atoms with Gasteiger partial charge in [0.15, 0.2) is 0 Å². The lowest BCUT2D eigenvalue weighted by Gasteiger charge is -2.44. The summed E-state index contributed by atoms with van der Waals surface area (Å²) in [7, 11) is -3.51. The molecule has 0 aromatic heterocycles. The van der Waals surface area contributed by atoms with Crippen LogP contribution in [0, 0.1) is 5.92 Å². The minimum atomic E-state index is -3.51. The smallest absolute Gasteiger partial charge is 0.243 e. The van der Waals surface area contributed by atoms with Crippen LogP contribution in [0.4, 0.5) is 0 Å². The molecule has 2 aromatic rings. The van der Waals surface area contributed by atoms with Gasteiger partial charge in [0.2, 0.25) is 10.0 Å². The molecule has 0 saturated carbocycles. The molecule has 4 rings (SSSR count). The third-order valence-corrected chi connectivity index (χ3v) is 8.62. The first-order chi connectivity index (χ1) is 15.8. The molecule has 2 aliphatic rings. The number of aliphatic imine (C=N–C) groups is 1. The lowest BCUT2D eigenvalue weighted by Crippen LogP contribution is -2.64. The molecule has 0 aliphatic carbocycles. The second-order valence-corrected chi connectivity index (χ2v) is 11.7. The lowest BCUT2D eigenvalue weighted by atomic mass is 9.85. The molecule has 2 heterocycles. The van der Waals surface area contributed by atoms with Crippen LogP contribution in [0.1, 0.15) is 37.8 Å². The third kappa shape index (κ3) is 6.13. The largest absolute Gasteiger partial charge is 0.368 e. The van der Waals surface area contributed by atoms with E-state index in [4.69, 9.17) is 16.6 Å². The SMILES string of the molecule is CC(C)Cc1ccc(S(=O)(=O)N2CCC3(CC2)NCCN=C3NCc2ccc(Cl)cc2)cc1.Cl. The van der Waals surface area contributed by atoms with Gasteiger partial charge in [-0.15, -0.1) is 12.4 Å². The number of nitrogens with one attached hydrogen (secondary N) is 2. The number of halogens is 2. The summed E-state index contributed by atoms with van der Waals surface area (Å²) in [5, 5.41) is 7.85. The van der Waals surface area contributed by atoms with E-state index in [1.165, 1.54) is 5.56 Å². The fraction of sp³-hybridized carbons (Fsp3) is 0.480. The Bertz CT molecular complexity index is 1080. The van der Waals surface area contributed by atoms with Gasteiger partial charge in [-0.1, -0.05) is 49.7 Å². The zero-order chi connectivity index (χ0) is 23.5. The van der Waals surface area contributed by atoms with Gasteiger partial charge in [-0.05, 0) is 60.6 Å². The molecule has 0 bridgehead atoms. The molecule has 1 fully saturated rings. The molecule has 0 atom stereocenters. The fourth-order valence-electron chi connectivity index (χ4n) is 4.65. The van der Waals surface area contributed by atoms with Crippen LogP contribution in [0.25, 0.3) is 0 Å². The van der Waals surface area contributed by atoms with Crippen molar-refractivity contribution >= 4 is 39.9 Å². The molecule has 1 spiro atoms. The quantitative estimate of drug-likeness (QED) is 0.591. The van der Waals surface area contributed by atoms with Crippen LogP contribution in [0.5, 0.6) is 0 Å². The Labute approximate surface area is 214 Å². The maximum Gasteiger partial charge on any atom is 0.243 e. The first-order valence-corrected chi connectivity index (χ1v) is 13.5. The van der Waals surface area contributed by atoms with Gasteiger partial charge in [0.05, 0.1) is 17.0 Å². The van der Waals surface area contributed by atoms with Gasteiger partial charge in [-0.2, -0.15) is 4.31 Å². The Balaban J connectivity index is 0.00000324. The minimum Gasteiger partial charge on any atom is -0.368 e. The zero-order valence-electron chi connectivity index (χ0n) is 19.8. The van der Waals surface area contributed by atoms with Crippen molar-refractivity contribution in [2.24, 2.45) is 10.9 Å². The normalized spacial score (nSPS) is 18.4. The van der Waals surface area contributed by atoms with Gasteiger partial charge >= 0.3 is 0 Å². The highest BCUT2D eigenvalue weighted by Gasteiger charge is 2.43. The Morgan fingerprint density at radius 1 is 1.06 bits per heavy atom. The highest BCUT2D eigenvalue weighted by molar-refractivity contribution is 7.89. The van der Waals surface area contributed by atoms with E-state index in [1.807, 2.05) is 36.4 Å². The summed E-state index contributed by atoms with van der Waals surface area (Å²) in [6, 6.07) is 15.1. The number of rotatable bonds is 6. The molecule has 0 amide bonds. The van der Waals surface area contributed by atoms with Gasteiger partial charge in [-0.25, -0.2) is 8.42 Å². The summed E-state index contributed by atoms with van der Waals surface area (Å²) in [6.45, 7) is 7.43. The van der Waals surface area contributed by atoms with Gasteiger partial charge in [0, 0.05) is 31.2 Å². The van der Waals surface area contributed by atoms with E-state index in [0.717, 1.165) is 35.9 Å². The molecule has 2 N–H and O–H groups in total. The molecule has 0 unspecified atom stereocenters. The third-order valence-electron chi connectivity index (χ3n) is 6.45. The van der Waals surface area contributed by atoms with E-state index in [1.54, 1.807) is 16.4 Å². The molecule has 2 aromatic carbocycles. The summed E-state index contributed by atoms with van der Waals surface area (Å²) in [5.74, 6) is 1.47. The van der Waals surface area contributed by atoms with Crippen molar-refractivity contribution in [3.8, 4) is 0 Å². The summed E-state index contributed by atoms with van der Waals surface area (Å²) in [4.78, 5) is 5.14. The van der Waals surface area contributed by atoms with Crippen LogP contribution in [0.15, 0.2) is 58.4 Å². The first kappa shape index (κ1) is 27.0. The molecular formula is C25H34Cl2N4O2S. The number of hydrogen-bond donors (Lipinski definition) is 2. The van der Waals surface area contributed by atoms with Gasteiger partial charge in [0.1, 0.15) is 5.84 Å². The van der Waals surface area contributed by atoms with E-state index in [2.05, 4.69) is 24.5 Å². The van der Waals surface area contributed by atoms with E-state index in [9.17, 15) is 8.42 Å². The van der Waals surface area contributed by atoms with Crippen molar-refractivity contribution in [1.82, 2.24) is 14.9 Å². The predicted octanol–water partition coefficient (Wildman–Crippen LogP) is 4.28. The fourth-order valence-corrected chi connectivity index (χ4v) is 6.22. The number of piperidine rings is 1. The van der Waals surface area contributed by atoms with E-state index in [0.29, 0.717) is 43.3 Å². The monoisotopic (exact) mass is 524 g/mol. The zero-order valence-corrected chi connectivity index (χ0v) is 22.1. The number of sulfonamides is 1.